The van der Waals surface area contributed by atoms with E-state index >= 15 is 0 Å². The van der Waals surface area contributed by atoms with Gasteiger partial charge in [0, 0.05) is 38.8 Å². The summed E-state index contributed by atoms with van der Waals surface area (Å²) in [5.74, 6) is 4.05. The average Bonchev–Trinajstić information content (AvgIpc) is 2.66. The number of hydrogen-bond acceptors (Lipinski definition) is 5. The Morgan fingerprint density at radius 2 is 1.63 bits per heavy atom. The number of hydrogen-bond donors (Lipinski definition) is 2. The lowest BCUT2D eigenvalue weighted by atomic mass is 10.00. The maximum Gasteiger partial charge on any atom is 0.232 e. The third-order valence-corrected chi connectivity index (χ3v) is 5.67. The highest BCUT2D eigenvalue weighted by molar-refractivity contribution is 7.80. The van der Waals surface area contributed by atoms with Crippen molar-refractivity contribution in [3.8, 4) is 0 Å². The van der Waals surface area contributed by atoms with Gasteiger partial charge in [-0.1, -0.05) is 20.8 Å². The van der Waals surface area contributed by atoms with Crippen LogP contribution in [-0.4, -0.2) is 47.8 Å². The van der Waals surface area contributed by atoms with Gasteiger partial charge >= 0.3 is 0 Å². The van der Waals surface area contributed by atoms with Gasteiger partial charge in [0.25, 0.3) is 0 Å². The Labute approximate surface area is 169 Å². The molecule has 0 unspecified atom stereocenters. The Morgan fingerprint density at radius 3 is 2.11 bits per heavy atom. The molecular formula is C20H34N6S. The van der Waals surface area contributed by atoms with Crippen molar-refractivity contribution in [3.05, 3.63) is 6.07 Å². The molecule has 2 atom stereocenters. The minimum Gasteiger partial charge on any atom is -0.362 e. The van der Waals surface area contributed by atoms with Crippen molar-refractivity contribution in [3.63, 3.8) is 0 Å². The molecule has 2 aliphatic heterocycles. The van der Waals surface area contributed by atoms with Crippen LogP contribution >= 0.6 is 12.2 Å². The van der Waals surface area contributed by atoms with Crippen LogP contribution in [-0.2, 0) is 0 Å². The summed E-state index contributed by atoms with van der Waals surface area (Å²) in [6.45, 7) is 11.9. The fourth-order valence-electron chi connectivity index (χ4n) is 3.98. The van der Waals surface area contributed by atoms with Gasteiger partial charge in [-0.2, -0.15) is 9.97 Å². The lowest BCUT2D eigenvalue weighted by Crippen LogP contribution is -2.37. The van der Waals surface area contributed by atoms with E-state index in [1.165, 1.54) is 25.7 Å². The minimum atomic E-state index is 0.596. The van der Waals surface area contributed by atoms with Crippen LogP contribution in [0.25, 0.3) is 0 Å². The van der Waals surface area contributed by atoms with Crippen LogP contribution in [0.1, 0.15) is 52.9 Å². The molecule has 1 aromatic rings. The van der Waals surface area contributed by atoms with Crippen LogP contribution in [0.4, 0.5) is 17.6 Å². The van der Waals surface area contributed by atoms with Crippen molar-refractivity contribution < 1.29 is 0 Å². The molecule has 2 aliphatic rings. The number of thiocarbonyl (C=S) groups is 1. The molecule has 0 aromatic carbocycles. The second-order valence-electron chi connectivity index (χ2n) is 8.18. The van der Waals surface area contributed by atoms with Crippen LogP contribution in [0.3, 0.4) is 0 Å². The van der Waals surface area contributed by atoms with Gasteiger partial charge in [0.2, 0.25) is 5.95 Å². The summed E-state index contributed by atoms with van der Waals surface area (Å²) in [4.78, 5) is 14.4. The molecule has 2 fully saturated rings. The van der Waals surface area contributed by atoms with Gasteiger partial charge in [-0.15, -0.1) is 0 Å². The third kappa shape index (κ3) is 5.67. The van der Waals surface area contributed by atoms with Gasteiger partial charge < -0.3 is 20.4 Å². The monoisotopic (exact) mass is 390 g/mol. The number of anilines is 3. The molecule has 150 valence electrons. The maximum atomic E-state index is 5.41. The zero-order valence-corrected chi connectivity index (χ0v) is 17.8. The Bertz CT molecular complexity index is 597. The molecule has 0 saturated carbocycles. The van der Waals surface area contributed by atoms with Crippen LogP contribution in [0, 0.1) is 11.8 Å². The largest absolute Gasteiger partial charge is 0.362 e. The topological polar surface area (TPSA) is 56.3 Å². The summed E-state index contributed by atoms with van der Waals surface area (Å²) < 4.78 is 0. The molecule has 1 aromatic heterocycles. The summed E-state index contributed by atoms with van der Waals surface area (Å²) in [5, 5.41) is 7.01. The van der Waals surface area contributed by atoms with Crippen molar-refractivity contribution in [2.24, 2.45) is 11.8 Å². The normalized spacial score (nSPS) is 23.2. The van der Waals surface area contributed by atoms with Crippen molar-refractivity contribution >= 4 is 34.9 Å². The van der Waals surface area contributed by atoms with Crippen molar-refractivity contribution in [2.45, 2.75) is 52.9 Å². The lowest BCUT2D eigenvalue weighted by molar-refractivity contribution is 0.441. The fourth-order valence-corrected chi connectivity index (χ4v) is 4.17. The van der Waals surface area contributed by atoms with E-state index in [1.54, 1.807) is 0 Å². The predicted octanol–water partition coefficient (Wildman–Crippen LogP) is 3.65. The minimum absolute atomic E-state index is 0.596. The third-order valence-electron chi connectivity index (χ3n) is 5.42. The molecule has 0 amide bonds. The summed E-state index contributed by atoms with van der Waals surface area (Å²) in [6, 6.07) is 2.17. The highest BCUT2D eigenvalue weighted by atomic mass is 32.1. The first kappa shape index (κ1) is 20.1. The Kier molecular flexibility index (Phi) is 7.10. The molecule has 27 heavy (non-hydrogen) atoms. The first-order valence-electron chi connectivity index (χ1n) is 10.5. The van der Waals surface area contributed by atoms with Gasteiger partial charge in [-0.25, -0.2) is 0 Å². The van der Waals surface area contributed by atoms with E-state index in [1.807, 2.05) is 0 Å². The van der Waals surface area contributed by atoms with Crippen molar-refractivity contribution in [1.82, 2.24) is 15.3 Å². The molecule has 2 N–H and O–H groups in total. The highest BCUT2D eigenvalue weighted by Gasteiger charge is 2.23. The first-order chi connectivity index (χ1) is 13.0. The molecule has 6 nitrogen and oxygen atoms in total. The lowest BCUT2D eigenvalue weighted by Gasteiger charge is -2.35. The zero-order valence-electron chi connectivity index (χ0n) is 17.0. The Morgan fingerprint density at radius 1 is 1.07 bits per heavy atom. The number of rotatable bonds is 5. The Balaban J connectivity index is 1.83. The van der Waals surface area contributed by atoms with E-state index in [9.17, 15) is 0 Å². The van der Waals surface area contributed by atoms with Crippen LogP contribution in [0.5, 0.6) is 0 Å². The van der Waals surface area contributed by atoms with Gasteiger partial charge in [-0.3, -0.25) is 0 Å². The van der Waals surface area contributed by atoms with E-state index < -0.39 is 0 Å². The highest BCUT2D eigenvalue weighted by Crippen LogP contribution is 2.28. The molecule has 0 spiro atoms. The standard InChI is InChI=1S/C20H34N6S/c1-4-9-21-20(27)24-19-22-17(25-10-5-7-15(2)13-25)12-18(23-19)26-11-6-8-16(3)14-26/h12,15-16H,4-11,13-14H2,1-3H3,(H2,21,22,23,24,27)/t15-,16-/m0/s1. The van der Waals surface area contributed by atoms with E-state index in [-0.39, 0.29) is 0 Å². The van der Waals surface area contributed by atoms with Gasteiger partial charge in [0.1, 0.15) is 11.6 Å². The Hall–Kier alpha value is -1.63. The zero-order chi connectivity index (χ0) is 19.2. The van der Waals surface area contributed by atoms with Crippen LogP contribution in [0.2, 0.25) is 0 Å². The SMILES string of the molecule is CCCNC(=S)Nc1nc(N2CCC[C@H](C)C2)cc(N2CCC[C@H](C)C2)n1. The molecule has 0 radical (unpaired) electrons. The summed E-state index contributed by atoms with van der Waals surface area (Å²) in [5.41, 5.74) is 0. The van der Waals surface area contributed by atoms with Gasteiger partial charge in [0.15, 0.2) is 5.11 Å². The fraction of sp³-hybridized carbons (Fsp3) is 0.750. The van der Waals surface area contributed by atoms with E-state index in [2.05, 4.69) is 47.3 Å². The average molecular weight is 391 g/mol. The predicted molar refractivity (Wildman–Crippen MR) is 118 cm³/mol. The quantitative estimate of drug-likeness (QED) is 0.744. The smallest absolute Gasteiger partial charge is 0.232 e. The molecule has 2 saturated heterocycles. The van der Waals surface area contributed by atoms with Crippen LogP contribution in [0.15, 0.2) is 6.07 Å². The van der Waals surface area contributed by atoms with Gasteiger partial charge in [-0.05, 0) is 56.2 Å². The number of piperidine rings is 2. The molecule has 3 rings (SSSR count). The molecule has 7 heteroatoms. The first-order valence-corrected chi connectivity index (χ1v) is 10.9. The summed E-state index contributed by atoms with van der Waals surface area (Å²) >= 11 is 5.41. The maximum absolute atomic E-state index is 5.41. The van der Waals surface area contributed by atoms with E-state index in [0.717, 1.165) is 50.8 Å². The summed E-state index contributed by atoms with van der Waals surface area (Å²) in [7, 11) is 0. The molecule has 3 heterocycles. The molecule has 0 bridgehead atoms. The number of aromatic nitrogens is 2. The van der Waals surface area contributed by atoms with E-state index in [4.69, 9.17) is 22.2 Å². The van der Waals surface area contributed by atoms with Gasteiger partial charge in [0.05, 0.1) is 0 Å². The van der Waals surface area contributed by atoms with Crippen LogP contribution < -0.4 is 20.4 Å². The molecule has 0 aliphatic carbocycles. The van der Waals surface area contributed by atoms with Crippen molar-refractivity contribution in [2.75, 3.05) is 47.8 Å². The number of nitrogens with one attached hydrogen (secondary N) is 2. The van der Waals surface area contributed by atoms with E-state index in [0.29, 0.717) is 22.9 Å². The molecular weight excluding hydrogens is 356 g/mol. The number of nitrogens with zero attached hydrogens (tertiary/aromatic N) is 4. The second-order valence-corrected chi connectivity index (χ2v) is 8.58. The summed E-state index contributed by atoms with van der Waals surface area (Å²) in [6.07, 6.45) is 6.08. The second kappa shape index (κ2) is 9.53. The van der Waals surface area contributed by atoms with Crippen molar-refractivity contribution in [1.29, 1.82) is 0 Å².